The summed E-state index contributed by atoms with van der Waals surface area (Å²) in [6.45, 7) is 1.81. The number of hydrogen-bond donors (Lipinski definition) is 2. The molecule has 1 heterocycles. The van der Waals surface area contributed by atoms with Crippen molar-refractivity contribution in [2.75, 3.05) is 16.8 Å². The van der Waals surface area contributed by atoms with Gasteiger partial charge in [-0.05, 0) is 30.7 Å². The van der Waals surface area contributed by atoms with Crippen LogP contribution in [0.2, 0.25) is 0 Å². The number of benzene rings is 2. The number of carbonyl (C=O) groups is 1. The van der Waals surface area contributed by atoms with E-state index in [2.05, 4.69) is 5.32 Å². The molecule has 0 spiro atoms. The van der Waals surface area contributed by atoms with Crippen molar-refractivity contribution in [2.24, 2.45) is 0 Å². The number of para-hydroxylation sites is 2. The quantitative estimate of drug-likeness (QED) is 0.879. The third kappa shape index (κ3) is 1.94. The lowest BCUT2D eigenvalue weighted by atomic mass is 10.1. The number of carbonyl (C=O) groups excluding carboxylic acids is 1. The first kappa shape index (κ1) is 12.7. The molecule has 4 heteroatoms. The van der Waals surface area contributed by atoms with Crippen LogP contribution in [0, 0.1) is 6.92 Å². The standard InChI is InChI=1S/C16H16N2O2/c1-11-6-2-5-9-14(11)18-15(10-19)17-13-8-4-3-7-12(13)16(18)20/h2-9,15,17,19H,10H2,1H3. The third-order valence-corrected chi connectivity index (χ3v) is 3.56. The van der Waals surface area contributed by atoms with E-state index >= 15 is 0 Å². The van der Waals surface area contributed by atoms with Gasteiger partial charge in [-0.2, -0.15) is 0 Å². The second kappa shape index (κ2) is 4.98. The van der Waals surface area contributed by atoms with Crippen LogP contribution in [-0.4, -0.2) is 23.8 Å². The Morgan fingerprint density at radius 3 is 2.60 bits per heavy atom. The van der Waals surface area contributed by atoms with Gasteiger partial charge >= 0.3 is 0 Å². The van der Waals surface area contributed by atoms with Crippen LogP contribution in [0.3, 0.4) is 0 Å². The van der Waals surface area contributed by atoms with Crippen LogP contribution in [-0.2, 0) is 0 Å². The molecule has 0 saturated heterocycles. The van der Waals surface area contributed by atoms with Gasteiger partial charge in [0.2, 0.25) is 0 Å². The zero-order chi connectivity index (χ0) is 14.1. The lowest BCUT2D eigenvalue weighted by molar-refractivity contribution is 0.0962. The maximum absolute atomic E-state index is 12.7. The maximum atomic E-state index is 12.7. The number of hydrogen-bond acceptors (Lipinski definition) is 3. The zero-order valence-corrected chi connectivity index (χ0v) is 11.2. The van der Waals surface area contributed by atoms with Crippen LogP contribution < -0.4 is 10.2 Å². The minimum atomic E-state index is -0.446. The SMILES string of the molecule is Cc1ccccc1N1C(=O)c2ccccc2NC1CO. The van der Waals surface area contributed by atoms with Crippen LogP contribution >= 0.6 is 0 Å². The first-order valence-electron chi connectivity index (χ1n) is 6.58. The van der Waals surface area contributed by atoms with Crippen molar-refractivity contribution >= 4 is 17.3 Å². The number of anilines is 2. The molecule has 102 valence electrons. The fourth-order valence-corrected chi connectivity index (χ4v) is 2.55. The summed E-state index contributed by atoms with van der Waals surface area (Å²) < 4.78 is 0. The lowest BCUT2D eigenvalue weighted by Crippen LogP contribution is -2.51. The van der Waals surface area contributed by atoms with Crippen LogP contribution in [0.15, 0.2) is 48.5 Å². The highest BCUT2D eigenvalue weighted by Gasteiger charge is 2.32. The number of nitrogens with one attached hydrogen (secondary N) is 1. The Bertz CT molecular complexity index is 654. The summed E-state index contributed by atoms with van der Waals surface area (Å²) in [6, 6.07) is 15.0. The first-order valence-corrected chi connectivity index (χ1v) is 6.58. The van der Waals surface area contributed by atoms with E-state index in [4.69, 9.17) is 0 Å². The van der Waals surface area contributed by atoms with Gasteiger partial charge < -0.3 is 10.4 Å². The van der Waals surface area contributed by atoms with E-state index in [-0.39, 0.29) is 12.5 Å². The summed E-state index contributed by atoms with van der Waals surface area (Å²) >= 11 is 0. The molecule has 0 aliphatic carbocycles. The molecule has 1 aliphatic heterocycles. The number of aliphatic hydroxyl groups is 1. The van der Waals surface area contributed by atoms with E-state index < -0.39 is 6.17 Å². The van der Waals surface area contributed by atoms with E-state index in [1.165, 1.54) is 0 Å². The monoisotopic (exact) mass is 268 g/mol. The summed E-state index contributed by atoms with van der Waals surface area (Å²) in [6.07, 6.45) is -0.446. The Morgan fingerprint density at radius 1 is 1.15 bits per heavy atom. The Balaban J connectivity index is 2.11. The molecule has 1 aliphatic rings. The summed E-state index contributed by atoms with van der Waals surface area (Å²) in [5.74, 6) is -0.0901. The topological polar surface area (TPSA) is 52.6 Å². The maximum Gasteiger partial charge on any atom is 0.262 e. The highest BCUT2D eigenvalue weighted by molar-refractivity contribution is 6.12. The third-order valence-electron chi connectivity index (χ3n) is 3.56. The minimum absolute atomic E-state index is 0.0901. The van der Waals surface area contributed by atoms with E-state index in [0.717, 1.165) is 16.9 Å². The normalized spacial score (nSPS) is 17.6. The summed E-state index contributed by atoms with van der Waals surface area (Å²) in [7, 11) is 0. The molecule has 3 rings (SSSR count). The minimum Gasteiger partial charge on any atom is -0.392 e. The van der Waals surface area contributed by atoms with E-state index in [0.29, 0.717) is 5.56 Å². The largest absolute Gasteiger partial charge is 0.392 e. The molecule has 0 fully saturated rings. The number of aliphatic hydroxyl groups excluding tert-OH is 1. The second-order valence-electron chi connectivity index (χ2n) is 4.85. The molecular weight excluding hydrogens is 252 g/mol. The molecule has 0 saturated carbocycles. The van der Waals surface area contributed by atoms with Crippen molar-refractivity contribution in [1.82, 2.24) is 0 Å². The summed E-state index contributed by atoms with van der Waals surface area (Å²) in [5, 5.41) is 12.8. The van der Waals surface area contributed by atoms with Crippen molar-refractivity contribution in [3.05, 3.63) is 59.7 Å². The van der Waals surface area contributed by atoms with Gasteiger partial charge in [-0.3, -0.25) is 9.69 Å². The van der Waals surface area contributed by atoms with Crippen molar-refractivity contribution in [2.45, 2.75) is 13.1 Å². The van der Waals surface area contributed by atoms with Crippen molar-refractivity contribution in [1.29, 1.82) is 0 Å². The number of amides is 1. The van der Waals surface area contributed by atoms with Crippen molar-refractivity contribution in [3.8, 4) is 0 Å². The molecule has 0 aromatic heterocycles. The number of nitrogens with zero attached hydrogens (tertiary/aromatic N) is 1. The summed E-state index contributed by atoms with van der Waals surface area (Å²) in [5.41, 5.74) is 3.21. The van der Waals surface area contributed by atoms with Crippen LogP contribution in [0.4, 0.5) is 11.4 Å². The van der Waals surface area contributed by atoms with Gasteiger partial charge in [0.25, 0.3) is 5.91 Å². The van der Waals surface area contributed by atoms with Gasteiger partial charge in [0, 0.05) is 11.4 Å². The molecular formula is C16H16N2O2. The van der Waals surface area contributed by atoms with E-state index in [1.807, 2.05) is 49.4 Å². The van der Waals surface area contributed by atoms with Gasteiger partial charge in [-0.25, -0.2) is 0 Å². The highest BCUT2D eigenvalue weighted by Crippen LogP contribution is 2.30. The average molecular weight is 268 g/mol. The van der Waals surface area contributed by atoms with Gasteiger partial charge in [-0.15, -0.1) is 0 Å². The van der Waals surface area contributed by atoms with Crippen molar-refractivity contribution < 1.29 is 9.90 Å². The smallest absolute Gasteiger partial charge is 0.262 e. The fourth-order valence-electron chi connectivity index (χ4n) is 2.55. The van der Waals surface area contributed by atoms with Gasteiger partial charge in [0.05, 0.1) is 12.2 Å². The average Bonchev–Trinajstić information content (AvgIpc) is 2.48. The van der Waals surface area contributed by atoms with Gasteiger partial charge in [-0.1, -0.05) is 30.3 Å². The zero-order valence-electron chi connectivity index (χ0n) is 11.2. The molecule has 2 aromatic rings. The van der Waals surface area contributed by atoms with Crippen molar-refractivity contribution in [3.63, 3.8) is 0 Å². The predicted molar refractivity (Wildman–Crippen MR) is 78.9 cm³/mol. The van der Waals surface area contributed by atoms with Crippen LogP contribution in [0.5, 0.6) is 0 Å². The molecule has 0 radical (unpaired) electrons. The molecule has 2 aromatic carbocycles. The van der Waals surface area contributed by atoms with E-state index in [9.17, 15) is 9.90 Å². The molecule has 1 unspecified atom stereocenters. The predicted octanol–water partition coefficient (Wildman–Crippen LogP) is 2.39. The van der Waals surface area contributed by atoms with Gasteiger partial charge in [0.1, 0.15) is 6.17 Å². The molecule has 1 atom stereocenters. The molecule has 4 nitrogen and oxygen atoms in total. The lowest BCUT2D eigenvalue weighted by Gasteiger charge is -2.37. The van der Waals surface area contributed by atoms with Gasteiger partial charge in [0.15, 0.2) is 0 Å². The van der Waals surface area contributed by atoms with Crippen LogP contribution in [0.1, 0.15) is 15.9 Å². The Labute approximate surface area is 117 Å². The fraction of sp³-hybridized carbons (Fsp3) is 0.188. The van der Waals surface area contributed by atoms with Crippen LogP contribution in [0.25, 0.3) is 0 Å². The molecule has 2 N–H and O–H groups in total. The second-order valence-corrected chi connectivity index (χ2v) is 4.85. The van der Waals surface area contributed by atoms with E-state index in [1.54, 1.807) is 11.0 Å². The Hall–Kier alpha value is -2.33. The first-order chi connectivity index (χ1) is 9.72. The molecule has 1 amide bonds. The Morgan fingerprint density at radius 2 is 1.85 bits per heavy atom. The number of fused-ring (bicyclic) bond motifs is 1. The Kier molecular flexibility index (Phi) is 3.16. The highest BCUT2D eigenvalue weighted by atomic mass is 16.3. The summed E-state index contributed by atoms with van der Waals surface area (Å²) in [4.78, 5) is 14.3. The number of rotatable bonds is 2. The molecule has 20 heavy (non-hydrogen) atoms. The number of aryl methyl sites for hydroxylation is 1. The molecule has 0 bridgehead atoms.